The highest BCUT2D eigenvalue weighted by Gasteiger charge is 2.48. The summed E-state index contributed by atoms with van der Waals surface area (Å²) in [6.07, 6.45) is 0.681. The van der Waals surface area contributed by atoms with Crippen LogP contribution in [0.5, 0.6) is 0 Å². The van der Waals surface area contributed by atoms with E-state index in [9.17, 15) is 14.7 Å². The average Bonchev–Trinajstić information content (AvgIpc) is 2.26. The van der Waals surface area contributed by atoms with Crippen molar-refractivity contribution in [3.05, 3.63) is 0 Å². The van der Waals surface area contributed by atoms with Crippen LogP contribution in [0.1, 0.15) is 54.4 Å². The molecule has 0 radical (unpaired) electrons. The normalized spacial score (nSPS) is 12.1. The van der Waals surface area contributed by atoms with Crippen LogP contribution < -0.4 is 0 Å². The third-order valence-corrected chi connectivity index (χ3v) is 3.11. The van der Waals surface area contributed by atoms with Gasteiger partial charge in [-0.05, 0) is 38.5 Å². The van der Waals surface area contributed by atoms with Gasteiger partial charge in [0.2, 0.25) is 0 Å². The second-order valence-corrected chi connectivity index (χ2v) is 6.24. The molecule has 0 aliphatic carbocycles. The molecule has 0 aromatic rings. The maximum absolute atomic E-state index is 12.2. The summed E-state index contributed by atoms with van der Waals surface area (Å²) in [6.45, 7) is 11.4. The first kappa shape index (κ1) is 19.9. The molecular weight excluding hydrogens is 272 g/mol. The van der Waals surface area contributed by atoms with Gasteiger partial charge in [-0.1, -0.05) is 27.7 Å². The largest absolute Gasteiger partial charge is 0.465 e. The Kier molecular flexibility index (Phi) is 8.55. The fourth-order valence-electron chi connectivity index (χ4n) is 2.72. The average molecular weight is 302 g/mol. The summed E-state index contributed by atoms with van der Waals surface area (Å²) >= 11 is 0. The number of carbonyl (C=O) groups excluding carboxylic acids is 2. The number of esters is 2. The summed E-state index contributed by atoms with van der Waals surface area (Å²) in [7, 11) is 0. The van der Waals surface area contributed by atoms with Crippen molar-refractivity contribution in [2.45, 2.75) is 60.0 Å². The van der Waals surface area contributed by atoms with Crippen LogP contribution >= 0.6 is 0 Å². The molecule has 0 spiro atoms. The topological polar surface area (TPSA) is 72.8 Å². The fraction of sp³-hybridized carbons (Fsp3) is 0.875. The van der Waals surface area contributed by atoms with Crippen molar-refractivity contribution in [3.8, 4) is 0 Å². The molecule has 0 saturated carbocycles. The lowest BCUT2D eigenvalue weighted by molar-refractivity contribution is -0.177. The molecule has 124 valence electrons. The Bertz CT molecular complexity index is 308. The van der Waals surface area contributed by atoms with E-state index in [1.807, 2.05) is 27.7 Å². The molecule has 0 bridgehead atoms. The Morgan fingerprint density at radius 3 is 1.48 bits per heavy atom. The van der Waals surface area contributed by atoms with Gasteiger partial charge in [0.25, 0.3) is 0 Å². The lowest BCUT2D eigenvalue weighted by atomic mass is 9.75. The Morgan fingerprint density at radius 2 is 1.24 bits per heavy atom. The molecule has 0 atom stereocenters. The summed E-state index contributed by atoms with van der Waals surface area (Å²) < 4.78 is 9.96. The van der Waals surface area contributed by atoms with Gasteiger partial charge in [-0.3, -0.25) is 9.59 Å². The Balaban J connectivity index is 5.53. The van der Waals surface area contributed by atoms with E-state index < -0.39 is 23.5 Å². The molecule has 0 fully saturated rings. The zero-order chi connectivity index (χ0) is 16.6. The van der Waals surface area contributed by atoms with E-state index in [-0.39, 0.29) is 25.0 Å². The molecular formula is C16H30O5. The van der Waals surface area contributed by atoms with Gasteiger partial charge in [0.05, 0.1) is 18.8 Å². The number of hydrogen-bond acceptors (Lipinski definition) is 5. The smallest absolute Gasteiger partial charge is 0.323 e. The molecule has 0 amide bonds. The zero-order valence-electron chi connectivity index (χ0n) is 14.1. The highest BCUT2D eigenvalue weighted by Crippen LogP contribution is 2.34. The third-order valence-electron chi connectivity index (χ3n) is 3.11. The standard InChI is InChI=1S/C16H30O5/c1-7-20-14(17)13(15(18)21-8-2)16(19,9-11(3)4)10-12(5)6/h11-13,19H,7-10H2,1-6H3. The lowest BCUT2D eigenvalue weighted by Crippen LogP contribution is -2.50. The predicted molar refractivity (Wildman–Crippen MR) is 80.6 cm³/mol. The quantitative estimate of drug-likeness (QED) is 0.523. The number of rotatable bonds is 9. The van der Waals surface area contributed by atoms with E-state index in [4.69, 9.17) is 9.47 Å². The summed E-state index contributed by atoms with van der Waals surface area (Å²) in [5, 5.41) is 11.0. The van der Waals surface area contributed by atoms with Crippen LogP contribution in [0.3, 0.4) is 0 Å². The minimum absolute atomic E-state index is 0.139. The van der Waals surface area contributed by atoms with E-state index in [1.165, 1.54) is 0 Å². The van der Waals surface area contributed by atoms with Crippen molar-refractivity contribution in [1.29, 1.82) is 0 Å². The van der Waals surface area contributed by atoms with Crippen molar-refractivity contribution in [3.63, 3.8) is 0 Å². The van der Waals surface area contributed by atoms with E-state index in [0.717, 1.165) is 0 Å². The summed E-state index contributed by atoms with van der Waals surface area (Å²) in [4.78, 5) is 24.4. The van der Waals surface area contributed by atoms with E-state index in [1.54, 1.807) is 13.8 Å². The van der Waals surface area contributed by atoms with Crippen LogP contribution in [0.25, 0.3) is 0 Å². The van der Waals surface area contributed by atoms with Crippen molar-refractivity contribution in [2.75, 3.05) is 13.2 Å². The van der Waals surface area contributed by atoms with Gasteiger partial charge in [0.15, 0.2) is 5.92 Å². The summed E-state index contributed by atoms with van der Waals surface area (Å²) in [5.41, 5.74) is -1.44. The van der Waals surface area contributed by atoms with Crippen molar-refractivity contribution in [2.24, 2.45) is 17.8 Å². The molecule has 0 aliphatic heterocycles. The number of ether oxygens (including phenoxy) is 2. The molecule has 0 saturated heterocycles. The SMILES string of the molecule is CCOC(=O)C(C(=O)OCC)C(O)(CC(C)C)CC(C)C. The van der Waals surface area contributed by atoms with Gasteiger partial charge in [-0.25, -0.2) is 0 Å². The van der Waals surface area contributed by atoms with Gasteiger partial charge >= 0.3 is 11.9 Å². The molecule has 1 N–H and O–H groups in total. The summed E-state index contributed by atoms with van der Waals surface area (Å²) in [6, 6.07) is 0. The molecule has 0 aromatic heterocycles. The second kappa shape index (κ2) is 9.03. The van der Waals surface area contributed by atoms with Crippen molar-refractivity contribution >= 4 is 11.9 Å². The molecule has 0 aromatic carbocycles. The first-order valence-electron chi connectivity index (χ1n) is 7.73. The van der Waals surface area contributed by atoms with Crippen LogP contribution in [-0.2, 0) is 19.1 Å². The van der Waals surface area contributed by atoms with Crippen molar-refractivity contribution in [1.82, 2.24) is 0 Å². The van der Waals surface area contributed by atoms with Gasteiger partial charge in [0.1, 0.15) is 0 Å². The molecule has 0 aliphatic rings. The number of carbonyl (C=O) groups is 2. The van der Waals surface area contributed by atoms with Gasteiger partial charge in [-0.15, -0.1) is 0 Å². The molecule has 5 nitrogen and oxygen atoms in total. The monoisotopic (exact) mass is 302 g/mol. The maximum Gasteiger partial charge on any atom is 0.323 e. The third kappa shape index (κ3) is 6.46. The van der Waals surface area contributed by atoms with Crippen LogP contribution in [0.2, 0.25) is 0 Å². The Morgan fingerprint density at radius 1 is 0.905 bits per heavy atom. The highest BCUT2D eigenvalue weighted by molar-refractivity contribution is 5.96. The minimum Gasteiger partial charge on any atom is -0.465 e. The highest BCUT2D eigenvalue weighted by atomic mass is 16.6. The van der Waals surface area contributed by atoms with Gasteiger partial charge < -0.3 is 14.6 Å². The Labute approximate surface area is 128 Å². The first-order valence-corrected chi connectivity index (χ1v) is 7.73. The van der Waals surface area contributed by atoms with E-state index in [2.05, 4.69) is 0 Å². The molecule has 5 heteroatoms. The van der Waals surface area contributed by atoms with Crippen LogP contribution in [0, 0.1) is 17.8 Å². The summed E-state index contributed by atoms with van der Waals surface area (Å²) in [5.74, 6) is -2.43. The lowest BCUT2D eigenvalue weighted by Gasteiger charge is -2.36. The van der Waals surface area contributed by atoms with Gasteiger partial charge in [0, 0.05) is 0 Å². The molecule has 0 heterocycles. The molecule has 21 heavy (non-hydrogen) atoms. The maximum atomic E-state index is 12.2. The van der Waals surface area contributed by atoms with Crippen LogP contribution in [0.15, 0.2) is 0 Å². The Hall–Kier alpha value is -1.10. The number of aliphatic hydroxyl groups is 1. The van der Waals surface area contributed by atoms with Crippen molar-refractivity contribution < 1.29 is 24.2 Å². The second-order valence-electron chi connectivity index (χ2n) is 6.24. The molecule has 0 unspecified atom stereocenters. The fourth-order valence-corrected chi connectivity index (χ4v) is 2.72. The van der Waals surface area contributed by atoms with Crippen LogP contribution in [-0.4, -0.2) is 35.9 Å². The van der Waals surface area contributed by atoms with Crippen LogP contribution in [0.4, 0.5) is 0 Å². The van der Waals surface area contributed by atoms with E-state index in [0.29, 0.717) is 12.8 Å². The van der Waals surface area contributed by atoms with E-state index >= 15 is 0 Å². The van der Waals surface area contributed by atoms with Gasteiger partial charge in [-0.2, -0.15) is 0 Å². The molecule has 0 rings (SSSR count). The first-order chi connectivity index (χ1) is 9.67. The zero-order valence-corrected chi connectivity index (χ0v) is 14.1. The minimum atomic E-state index is -1.44. The predicted octanol–water partition coefficient (Wildman–Crippen LogP) is 2.55. The number of hydrogen-bond donors (Lipinski definition) is 1.